The Hall–Kier alpha value is -0.440. The lowest BCUT2D eigenvalue weighted by Gasteiger charge is -2.09. The minimum Gasteiger partial charge on any atom is -0.468 e. The average molecular weight is 220 g/mol. The lowest BCUT2D eigenvalue weighted by molar-refractivity contribution is 0.441. The zero-order valence-corrected chi connectivity index (χ0v) is 8.77. The Bertz CT molecular complexity index is 269. The van der Waals surface area contributed by atoms with Crippen LogP contribution in [-0.2, 0) is 0 Å². The van der Waals surface area contributed by atoms with Crippen LogP contribution in [-0.4, -0.2) is 6.54 Å². The van der Waals surface area contributed by atoms with Gasteiger partial charge in [0.2, 0.25) is 0 Å². The molecule has 2 nitrogen and oxygen atoms in total. The molecule has 1 aromatic rings. The van der Waals surface area contributed by atoms with Crippen molar-refractivity contribution in [3.63, 3.8) is 0 Å². The molecule has 0 saturated heterocycles. The molecule has 0 aliphatic carbocycles. The van der Waals surface area contributed by atoms with Crippen molar-refractivity contribution >= 4 is 23.2 Å². The summed E-state index contributed by atoms with van der Waals surface area (Å²) in [7, 11) is 0. The van der Waals surface area contributed by atoms with Gasteiger partial charge in [0.15, 0.2) is 0 Å². The molecule has 0 saturated carbocycles. The van der Waals surface area contributed by atoms with Gasteiger partial charge in [-0.15, -0.1) is 0 Å². The molecule has 1 atom stereocenters. The van der Waals surface area contributed by atoms with E-state index in [0.29, 0.717) is 11.6 Å². The summed E-state index contributed by atoms with van der Waals surface area (Å²) >= 11 is 11.1. The van der Waals surface area contributed by atoms with Gasteiger partial charge in [-0.2, -0.15) is 0 Å². The van der Waals surface area contributed by atoms with Crippen molar-refractivity contribution in [1.82, 2.24) is 5.32 Å². The summed E-state index contributed by atoms with van der Waals surface area (Å²) in [6.45, 7) is 2.55. The average Bonchev–Trinajstić information content (AvgIpc) is 2.66. The van der Waals surface area contributed by atoms with Gasteiger partial charge in [-0.1, -0.05) is 23.2 Å². The molecular weight excluding hydrogens is 209 g/mol. The van der Waals surface area contributed by atoms with Crippen molar-refractivity contribution in [3.05, 3.63) is 34.7 Å². The maximum absolute atomic E-state index is 5.71. The van der Waals surface area contributed by atoms with Crippen molar-refractivity contribution in [2.45, 2.75) is 13.0 Å². The highest BCUT2D eigenvalue weighted by molar-refractivity contribution is 6.36. The highest BCUT2D eigenvalue weighted by atomic mass is 35.5. The van der Waals surface area contributed by atoms with Crippen LogP contribution in [0.4, 0.5) is 0 Å². The van der Waals surface area contributed by atoms with Crippen molar-refractivity contribution < 1.29 is 4.42 Å². The van der Waals surface area contributed by atoms with Gasteiger partial charge in [0.05, 0.1) is 12.3 Å². The molecule has 1 aromatic heterocycles. The van der Waals surface area contributed by atoms with Gasteiger partial charge in [-0.25, -0.2) is 0 Å². The van der Waals surface area contributed by atoms with E-state index in [2.05, 4.69) is 5.32 Å². The largest absolute Gasteiger partial charge is 0.468 e. The van der Waals surface area contributed by atoms with Gasteiger partial charge in [-0.3, -0.25) is 0 Å². The van der Waals surface area contributed by atoms with Gasteiger partial charge in [-0.05, 0) is 19.1 Å². The molecule has 72 valence electrons. The Morgan fingerprint density at radius 3 is 3.08 bits per heavy atom. The maximum atomic E-state index is 5.71. The first-order valence-corrected chi connectivity index (χ1v) is 4.77. The smallest absolute Gasteiger partial charge is 0.120 e. The Morgan fingerprint density at radius 2 is 2.54 bits per heavy atom. The minimum atomic E-state index is 0.139. The fourth-order valence-electron chi connectivity index (χ4n) is 0.927. The fourth-order valence-corrected chi connectivity index (χ4v) is 1.08. The fraction of sp³-hybridized carbons (Fsp3) is 0.333. The van der Waals surface area contributed by atoms with E-state index in [0.717, 1.165) is 5.76 Å². The van der Waals surface area contributed by atoms with E-state index in [1.165, 1.54) is 5.54 Å². The molecule has 0 aliphatic rings. The molecule has 0 aliphatic heterocycles. The Balaban J connectivity index is 2.38. The molecule has 0 radical (unpaired) electrons. The van der Waals surface area contributed by atoms with Crippen molar-refractivity contribution in [2.24, 2.45) is 0 Å². The Morgan fingerprint density at radius 1 is 1.77 bits per heavy atom. The first-order chi connectivity index (χ1) is 6.24. The molecule has 1 rings (SSSR count). The maximum Gasteiger partial charge on any atom is 0.120 e. The third kappa shape index (κ3) is 3.43. The first-order valence-electron chi connectivity index (χ1n) is 3.95. The second-order valence-corrected chi connectivity index (χ2v) is 3.38. The van der Waals surface area contributed by atoms with E-state index in [1.807, 2.05) is 19.1 Å². The van der Waals surface area contributed by atoms with Crippen LogP contribution >= 0.6 is 23.2 Å². The van der Waals surface area contributed by atoms with Crippen LogP contribution in [0.15, 0.2) is 33.4 Å². The lowest BCUT2D eigenvalue weighted by atomic mass is 10.2. The monoisotopic (exact) mass is 219 g/mol. The number of hydrogen-bond donors (Lipinski definition) is 1. The quantitative estimate of drug-likeness (QED) is 0.842. The summed E-state index contributed by atoms with van der Waals surface area (Å²) in [6, 6.07) is 3.91. The van der Waals surface area contributed by atoms with E-state index < -0.39 is 0 Å². The Labute approximate surface area is 87.5 Å². The predicted octanol–water partition coefficient (Wildman–Crippen LogP) is 3.25. The van der Waals surface area contributed by atoms with E-state index in [-0.39, 0.29) is 6.04 Å². The zero-order chi connectivity index (χ0) is 9.68. The third-order valence-corrected chi connectivity index (χ3v) is 2.28. The highest BCUT2D eigenvalue weighted by Crippen LogP contribution is 2.13. The number of halogens is 2. The molecule has 13 heavy (non-hydrogen) atoms. The summed E-state index contributed by atoms with van der Waals surface area (Å²) in [5.41, 5.74) is 1.35. The number of furan rings is 1. The van der Waals surface area contributed by atoms with Crippen molar-refractivity contribution in [3.8, 4) is 0 Å². The van der Waals surface area contributed by atoms with Gasteiger partial charge >= 0.3 is 0 Å². The second kappa shape index (κ2) is 5.32. The summed E-state index contributed by atoms with van der Waals surface area (Å²) < 4.78 is 5.20. The minimum absolute atomic E-state index is 0.139. The second-order valence-electron chi connectivity index (χ2n) is 2.67. The number of hydrogen-bond acceptors (Lipinski definition) is 2. The summed E-state index contributed by atoms with van der Waals surface area (Å²) in [5, 5.41) is 3.74. The van der Waals surface area contributed by atoms with E-state index in [9.17, 15) is 0 Å². The summed E-state index contributed by atoms with van der Waals surface area (Å²) in [4.78, 5) is 0. The predicted molar refractivity (Wildman–Crippen MR) is 54.9 cm³/mol. The van der Waals surface area contributed by atoms with Gasteiger partial charge in [0.1, 0.15) is 5.76 Å². The van der Waals surface area contributed by atoms with Gasteiger partial charge in [0, 0.05) is 17.1 Å². The zero-order valence-electron chi connectivity index (χ0n) is 7.26. The van der Waals surface area contributed by atoms with Crippen molar-refractivity contribution in [2.75, 3.05) is 6.54 Å². The molecule has 0 aromatic carbocycles. The molecule has 0 spiro atoms. The van der Waals surface area contributed by atoms with Crippen molar-refractivity contribution in [1.29, 1.82) is 0 Å². The molecule has 0 amide bonds. The van der Waals surface area contributed by atoms with Crippen LogP contribution in [0.2, 0.25) is 0 Å². The standard InChI is InChI=1S/C9H11Cl2NO/c1-7(9-3-2-4-13-9)12-6-8(11)5-10/h2-5,7,12H,6H2,1H3. The van der Waals surface area contributed by atoms with Crippen LogP contribution in [0.3, 0.4) is 0 Å². The Kier molecular flexibility index (Phi) is 4.36. The van der Waals surface area contributed by atoms with Crippen LogP contribution in [0.1, 0.15) is 18.7 Å². The normalized spacial score (nSPS) is 14.5. The highest BCUT2D eigenvalue weighted by Gasteiger charge is 2.06. The molecule has 1 heterocycles. The lowest BCUT2D eigenvalue weighted by Crippen LogP contribution is -2.19. The molecule has 4 heteroatoms. The van der Waals surface area contributed by atoms with Crippen LogP contribution in [0, 0.1) is 0 Å². The first kappa shape index (κ1) is 10.6. The van der Waals surface area contributed by atoms with E-state index in [4.69, 9.17) is 27.6 Å². The summed E-state index contributed by atoms with van der Waals surface area (Å²) in [5.74, 6) is 0.888. The molecule has 1 unspecified atom stereocenters. The third-order valence-electron chi connectivity index (χ3n) is 1.67. The van der Waals surface area contributed by atoms with Crippen LogP contribution in [0.5, 0.6) is 0 Å². The van der Waals surface area contributed by atoms with Gasteiger partial charge < -0.3 is 9.73 Å². The topological polar surface area (TPSA) is 25.2 Å². The molecule has 0 bridgehead atoms. The molecule has 1 N–H and O–H groups in total. The molecular formula is C9H11Cl2NO. The summed E-state index contributed by atoms with van der Waals surface area (Å²) in [6.07, 6.45) is 1.65. The number of nitrogens with one attached hydrogen (secondary N) is 1. The van der Waals surface area contributed by atoms with Gasteiger partial charge in [0.25, 0.3) is 0 Å². The molecule has 0 fully saturated rings. The van der Waals surface area contributed by atoms with E-state index >= 15 is 0 Å². The van der Waals surface area contributed by atoms with Crippen LogP contribution < -0.4 is 5.32 Å². The van der Waals surface area contributed by atoms with Crippen LogP contribution in [0.25, 0.3) is 0 Å². The number of rotatable bonds is 4. The SMILES string of the molecule is CC(NCC(Cl)=CCl)c1ccco1. The van der Waals surface area contributed by atoms with E-state index in [1.54, 1.807) is 6.26 Å².